The molecule has 0 saturated heterocycles. The van der Waals surface area contributed by atoms with Gasteiger partial charge in [-0.1, -0.05) is 30.3 Å². The van der Waals surface area contributed by atoms with E-state index in [-0.39, 0.29) is 30.5 Å². The van der Waals surface area contributed by atoms with Crippen LogP contribution in [0.25, 0.3) is 0 Å². The molecule has 2 aromatic rings. The summed E-state index contributed by atoms with van der Waals surface area (Å²) < 4.78 is 0. The van der Waals surface area contributed by atoms with E-state index in [0.717, 1.165) is 16.7 Å². The standard InChI is InChI=1S/C20H22N4O2/c1-13-7-8-16(22-12-13)17(25)10-14-5-4-6-15(9-14)20(2)11-18(26)24(3)19(21)23-20/h4-9,12H,10-11H2,1-3H3,(H2,21,23). The van der Waals surface area contributed by atoms with Crippen LogP contribution in [0, 0.1) is 6.92 Å². The van der Waals surface area contributed by atoms with E-state index in [0.29, 0.717) is 5.69 Å². The smallest absolute Gasteiger partial charge is 0.231 e. The number of pyridine rings is 1. The van der Waals surface area contributed by atoms with Crippen LogP contribution in [0.3, 0.4) is 0 Å². The molecule has 0 saturated carbocycles. The van der Waals surface area contributed by atoms with Crippen LogP contribution >= 0.6 is 0 Å². The van der Waals surface area contributed by atoms with Crippen molar-refractivity contribution in [3.63, 3.8) is 0 Å². The van der Waals surface area contributed by atoms with E-state index < -0.39 is 5.54 Å². The molecule has 2 heterocycles. The Bertz CT molecular complexity index is 889. The lowest BCUT2D eigenvalue weighted by Gasteiger charge is -2.33. The molecule has 3 rings (SSSR count). The van der Waals surface area contributed by atoms with Crippen molar-refractivity contribution >= 4 is 17.6 Å². The number of nitrogens with zero attached hydrogens (tertiary/aromatic N) is 3. The van der Waals surface area contributed by atoms with Crippen LogP contribution in [-0.4, -0.2) is 34.6 Å². The summed E-state index contributed by atoms with van der Waals surface area (Å²) in [7, 11) is 1.62. The van der Waals surface area contributed by atoms with Crippen LogP contribution in [0.4, 0.5) is 0 Å². The molecule has 1 aromatic carbocycles. The van der Waals surface area contributed by atoms with Gasteiger partial charge in [0.25, 0.3) is 0 Å². The lowest BCUT2D eigenvalue weighted by Crippen LogP contribution is -2.47. The fourth-order valence-electron chi connectivity index (χ4n) is 3.00. The first-order chi connectivity index (χ1) is 12.3. The molecule has 1 amide bonds. The minimum Gasteiger partial charge on any atom is -0.369 e. The van der Waals surface area contributed by atoms with Gasteiger partial charge >= 0.3 is 0 Å². The quantitative estimate of drug-likeness (QED) is 0.856. The summed E-state index contributed by atoms with van der Waals surface area (Å²) in [5.74, 6) is 0.0780. The molecular weight excluding hydrogens is 328 g/mol. The largest absolute Gasteiger partial charge is 0.369 e. The van der Waals surface area contributed by atoms with Crippen molar-refractivity contribution in [3.8, 4) is 0 Å². The monoisotopic (exact) mass is 350 g/mol. The van der Waals surface area contributed by atoms with Gasteiger partial charge in [0.05, 0.1) is 12.0 Å². The molecule has 6 heteroatoms. The van der Waals surface area contributed by atoms with Gasteiger partial charge in [-0.2, -0.15) is 0 Å². The molecule has 2 N–H and O–H groups in total. The molecule has 1 aromatic heterocycles. The maximum atomic E-state index is 12.5. The fraction of sp³-hybridized carbons (Fsp3) is 0.300. The second kappa shape index (κ2) is 6.71. The van der Waals surface area contributed by atoms with E-state index >= 15 is 0 Å². The molecule has 134 valence electrons. The van der Waals surface area contributed by atoms with E-state index in [1.165, 1.54) is 4.90 Å². The highest BCUT2D eigenvalue weighted by atomic mass is 16.2. The molecule has 1 aliphatic heterocycles. The van der Waals surface area contributed by atoms with Crippen molar-refractivity contribution in [3.05, 3.63) is 65.0 Å². The number of carbonyl (C=O) groups excluding carboxylic acids is 2. The lowest BCUT2D eigenvalue weighted by molar-refractivity contribution is -0.128. The predicted molar refractivity (Wildman–Crippen MR) is 99.8 cm³/mol. The van der Waals surface area contributed by atoms with E-state index in [9.17, 15) is 9.59 Å². The number of ketones is 1. The number of carbonyl (C=O) groups is 2. The van der Waals surface area contributed by atoms with E-state index in [1.54, 1.807) is 19.3 Å². The van der Waals surface area contributed by atoms with Crippen molar-refractivity contribution in [1.82, 2.24) is 9.88 Å². The third-order valence-corrected chi connectivity index (χ3v) is 4.69. The Morgan fingerprint density at radius 3 is 2.73 bits per heavy atom. The maximum Gasteiger partial charge on any atom is 0.231 e. The van der Waals surface area contributed by atoms with Gasteiger partial charge in [-0.25, -0.2) is 4.99 Å². The van der Waals surface area contributed by atoms with E-state index in [1.807, 2.05) is 44.2 Å². The second-order valence-corrected chi connectivity index (χ2v) is 6.89. The van der Waals surface area contributed by atoms with E-state index in [2.05, 4.69) is 9.98 Å². The number of hydrogen-bond donors (Lipinski definition) is 1. The highest BCUT2D eigenvalue weighted by molar-refractivity contribution is 5.99. The zero-order valence-electron chi connectivity index (χ0n) is 15.2. The van der Waals surface area contributed by atoms with Gasteiger partial charge in [0.1, 0.15) is 5.69 Å². The maximum absolute atomic E-state index is 12.5. The van der Waals surface area contributed by atoms with Crippen LogP contribution < -0.4 is 5.73 Å². The van der Waals surface area contributed by atoms with Crippen LogP contribution in [0.5, 0.6) is 0 Å². The van der Waals surface area contributed by atoms with Gasteiger partial charge in [-0.15, -0.1) is 0 Å². The highest BCUT2D eigenvalue weighted by Gasteiger charge is 2.36. The molecule has 1 aliphatic rings. The zero-order valence-corrected chi connectivity index (χ0v) is 15.2. The Kier molecular flexibility index (Phi) is 4.59. The minimum absolute atomic E-state index is 0.0465. The minimum atomic E-state index is -0.727. The van der Waals surface area contributed by atoms with Gasteiger partial charge in [-0.05, 0) is 36.6 Å². The van der Waals surface area contributed by atoms with Gasteiger partial charge in [0.15, 0.2) is 11.7 Å². The number of aromatic nitrogens is 1. The van der Waals surface area contributed by atoms with Crippen LogP contribution in [0.15, 0.2) is 47.6 Å². The first kappa shape index (κ1) is 17.8. The summed E-state index contributed by atoms with van der Waals surface area (Å²) >= 11 is 0. The van der Waals surface area contributed by atoms with Crippen molar-refractivity contribution in [1.29, 1.82) is 0 Å². The molecule has 26 heavy (non-hydrogen) atoms. The molecule has 0 bridgehead atoms. The number of nitrogens with two attached hydrogens (primary N) is 1. The average molecular weight is 350 g/mol. The van der Waals surface area contributed by atoms with Gasteiger partial charge in [-0.3, -0.25) is 19.5 Å². The van der Waals surface area contributed by atoms with Crippen molar-refractivity contribution in [2.45, 2.75) is 32.2 Å². The summed E-state index contributed by atoms with van der Waals surface area (Å²) in [4.78, 5) is 34.7. The Labute approximate surface area is 152 Å². The van der Waals surface area contributed by atoms with Gasteiger partial charge in [0, 0.05) is 19.7 Å². The number of amides is 1. The Balaban J connectivity index is 1.85. The topological polar surface area (TPSA) is 88.7 Å². The van der Waals surface area contributed by atoms with E-state index in [4.69, 9.17) is 5.73 Å². The number of guanidine groups is 1. The normalized spacial score (nSPS) is 20.0. The molecule has 0 fully saturated rings. The SMILES string of the molecule is Cc1ccc(C(=O)Cc2cccc(C3(C)CC(=O)N(C)C(N)=N3)c2)nc1. The molecule has 1 unspecified atom stereocenters. The molecule has 6 nitrogen and oxygen atoms in total. The van der Waals surface area contributed by atoms with Crippen LogP contribution in [-0.2, 0) is 16.8 Å². The summed E-state index contributed by atoms with van der Waals surface area (Å²) in [6.07, 6.45) is 2.17. The fourth-order valence-corrected chi connectivity index (χ4v) is 3.00. The summed E-state index contributed by atoms with van der Waals surface area (Å²) in [5.41, 5.74) is 8.34. The van der Waals surface area contributed by atoms with Gasteiger partial charge in [0.2, 0.25) is 5.91 Å². The lowest BCUT2D eigenvalue weighted by atomic mass is 9.86. The zero-order chi connectivity index (χ0) is 18.9. The van der Waals surface area contributed by atoms with Gasteiger partial charge < -0.3 is 5.73 Å². The number of Topliss-reactive ketones (excluding diaryl/α,β-unsaturated/α-hetero) is 1. The summed E-state index contributed by atoms with van der Waals surface area (Å²) in [6, 6.07) is 11.2. The molecule has 0 spiro atoms. The Hall–Kier alpha value is -3.02. The molecule has 0 radical (unpaired) electrons. The number of rotatable bonds is 4. The second-order valence-electron chi connectivity index (χ2n) is 6.89. The van der Waals surface area contributed by atoms with Crippen molar-refractivity contribution < 1.29 is 9.59 Å². The van der Waals surface area contributed by atoms with Crippen molar-refractivity contribution in [2.75, 3.05) is 7.05 Å². The number of benzene rings is 1. The van der Waals surface area contributed by atoms with Crippen LogP contribution in [0.2, 0.25) is 0 Å². The van der Waals surface area contributed by atoms with Crippen molar-refractivity contribution in [2.24, 2.45) is 10.7 Å². The summed E-state index contributed by atoms with van der Waals surface area (Å²) in [5, 5.41) is 0. The molecule has 0 aliphatic carbocycles. The molecular formula is C20H22N4O2. The van der Waals surface area contributed by atoms with Crippen LogP contribution in [0.1, 0.15) is 40.5 Å². The highest BCUT2D eigenvalue weighted by Crippen LogP contribution is 2.33. The number of hydrogen-bond acceptors (Lipinski definition) is 5. The number of aryl methyl sites for hydroxylation is 1. The predicted octanol–water partition coefficient (Wildman–Crippen LogP) is 2.21. The number of aliphatic imine (C=N–C) groups is 1. The molecule has 1 atom stereocenters. The average Bonchev–Trinajstić information content (AvgIpc) is 2.60. The third kappa shape index (κ3) is 3.49. The Morgan fingerprint density at radius 2 is 2.08 bits per heavy atom. The third-order valence-electron chi connectivity index (χ3n) is 4.69. The first-order valence-corrected chi connectivity index (χ1v) is 8.46. The Morgan fingerprint density at radius 1 is 1.31 bits per heavy atom. The first-order valence-electron chi connectivity index (χ1n) is 8.46. The summed E-state index contributed by atoms with van der Waals surface area (Å²) in [6.45, 7) is 3.81.